The topological polar surface area (TPSA) is 57.5 Å². The number of fused-ring (bicyclic) bond motifs is 1. The van der Waals surface area contributed by atoms with Gasteiger partial charge in [-0.15, -0.1) is 0 Å². The summed E-state index contributed by atoms with van der Waals surface area (Å²) in [5.41, 5.74) is 0.763. The number of aliphatic carboxylic acids is 1. The fourth-order valence-electron chi connectivity index (χ4n) is 2.19. The van der Waals surface area contributed by atoms with Gasteiger partial charge in [0.2, 0.25) is 0 Å². The Hall–Kier alpha value is -1.87. The second-order valence-electron chi connectivity index (χ2n) is 5.04. The number of benzene rings is 2. The molecular weight excluding hydrogens is 240 g/mol. The Balaban J connectivity index is 2.30. The lowest BCUT2D eigenvalue weighted by molar-refractivity contribution is -0.144. The van der Waals surface area contributed by atoms with Crippen LogP contribution < -0.4 is 0 Å². The maximum absolute atomic E-state index is 11.0. The van der Waals surface area contributed by atoms with Crippen LogP contribution in [-0.2, 0) is 4.79 Å². The van der Waals surface area contributed by atoms with E-state index in [1.807, 2.05) is 42.5 Å². The van der Waals surface area contributed by atoms with Crippen molar-refractivity contribution in [2.45, 2.75) is 20.0 Å². The van der Waals surface area contributed by atoms with Crippen molar-refractivity contribution in [3.05, 3.63) is 48.0 Å². The normalized spacial score (nSPS) is 15.9. The van der Waals surface area contributed by atoms with Crippen LogP contribution in [0.15, 0.2) is 42.5 Å². The summed E-state index contributed by atoms with van der Waals surface area (Å²) in [5, 5.41) is 21.5. The lowest BCUT2D eigenvalue weighted by Gasteiger charge is -2.22. The molecule has 0 saturated carbocycles. The summed E-state index contributed by atoms with van der Waals surface area (Å²) in [6.45, 7) is 3.38. The molecule has 0 aliphatic rings. The van der Waals surface area contributed by atoms with Crippen LogP contribution in [0, 0.1) is 11.8 Å². The number of hydrogen-bond donors (Lipinski definition) is 2. The number of hydrogen-bond acceptors (Lipinski definition) is 2. The standard InChI is InChI=1S/C16H18O3/c1-10(11(2)16(18)19)15(17)14-8-7-12-5-3-4-6-13(12)9-14/h3-11,15,17H,1-2H3,(H,18,19). The maximum Gasteiger partial charge on any atom is 0.306 e. The van der Waals surface area contributed by atoms with Crippen molar-refractivity contribution in [2.75, 3.05) is 0 Å². The minimum absolute atomic E-state index is 0.335. The molecule has 2 aromatic carbocycles. The zero-order chi connectivity index (χ0) is 14.0. The van der Waals surface area contributed by atoms with Crippen molar-refractivity contribution in [1.82, 2.24) is 0 Å². The van der Waals surface area contributed by atoms with Crippen LogP contribution >= 0.6 is 0 Å². The SMILES string of the molecule is CC(C(=O)O)C(C)C(O)c1ccc2ccccc2c1. The van der Waals surface area contributed by atoms with Crippen molar-refractivity contribution in [3.63, 3.8) is 0 Å². The number of rotatable bonds is 4. The Bertz CT molecular complexity index is 591. The number of aliphatic hydroxyl groups excluding tert-OH is 1. The van der Waals surface area contributed by atoms with Gasteiger partial charge in [-0.2, -0.15) is 0 Å². The second-order valence-corrected chi connectivity index (χ2v) is 5.04. The molecule has 2 rings (SSSR count). The lowest BCUT2D eigenvalue weighted by atomic mass is 9.86. The van der Waals surface area contributed by atoms with Crippen LogP contribution in [0.5, 0.6) is 0 Å². The molecule has 3 nitrogen and oxygen atoms in total. The average molecular weight is 258 g/mol. The molecule has 0 fully saturated rings. The predicted octanol–water partition coefficient (Wildman–Crippen LogP) is 3.23. The fourth-order valence-corrected chi connectivity index (χ4v) is 2.19. The van der Waals surface area contributed by atoms with Gasteiger partial charge in [0.25, 0.3) is 0 Å². The maximum atomic E-state index is 11.0. The molecule has 0 aliphatic carbocycles. The summed E-state index contributed by atoms with van der Waals surface area (Å²) >= 11 is 0. The number of carboxylic acids is 1. The Morgan fingerprint density at radius 1 is 1.05 bits per heavy atom. The minimum atomic E-state index is -0.882. The van der Waals surface area contributed by atoms with E-state index in [0.717, 1.165) is 16.3 Å². The van der Waals surface area contributed by atoms with Gasteiger partial charge >= 0.3 is 5.97 Å². The summed E-state index contributed by atoms with van der Waals surface area (Å²) in [6.07, 6.45) is -0.768. The van der Waals surface area contributed by atoms with Crippen LogP contribution in [-0.4, -0.2) is 16.2 Å². The summed E-state index contributed by atoms with van der Waals surface area (Å²) in [6, 6.07) is 13.6. The van der Waals surface area contributed by atoms with Crippen LogP contribution in [0.2, 0.25) is 0 Å². The van der Waals surface area contributed by atoms with E-state index in [9.17, 15) is 9.90 Å². The molecule has 0 spiro atoms. The minimum Gasteiger partial charge on any atom is -0.481 e. The van der Waals surface area contributed by atoms with E-state index in [2.05, 4.69) is 0 Å². The van der Waals surface area contributed by atoms with E-state index in [4.69, 9.17) is 5.11 Å². The van der Waals surface area contributed by atoms with Crippen LogP contribution in [0.4, 0.5) is 0 Å². The quantitative estimate of drug-likeness (QED) is 0.885. The Morgan fingerprint density at radius 2 is 1.68 bits per heavy atom. The first kappa shape index (κ1) is 13.6. The summed E-state index contributed by atoms with van der Waals surface area (Å²) in [4.78, 5) is 11.0. The third-order valence-electron chi connectivity index (χ3n) is 3.79. The van der Waals surface area contributed by atoms with Gasteiger partial charge in [0.05, 0.1) is 12.0 Å². The molecule has 3 unspecified atom stereocenters. The molecule has 3 heteroatoms. The van der Waals surface area contributed by atoms with Gasteiger partial charge in [-0.25, -0.2) is 0 Å². The number of aliphatic hydroxyl groups is 1. The number of carbonyl (C=O) groups is 1. The highest BCUT2D eigenvalue weighted by atomic mass is 16.4. The fraction of sp³-hybridized carbons (Fsp3) is 0.312. The largest absolute Gasteiger partial charge is 0.481 e. The van der Waals surface area contributed by atoms with Crippen LogP contribution in [0.25, 0.3) is 10.8 Å². The van der Waals surface area contributed by atoms with Crippen LogP contribution in [0.3, 0.4) is 0 Å². The highest BCUT2D eigenvalue weighted by Crippen LogP contribution is 2.29. The molecule has 3 atom stereocenters. The van der Waals surface area contributed by atoms with Gasteiger partial charge in [-0.05, 0) is 28.3 Å². The molecule has 0 radical (unpaired) electrons. The lowest BCUT2D eigenvalue weighted by Crippen LogP contribution is -2.23. The van der Waals surface area contributed by atoms with E-state index in [1.54, 1.807) is 13.8 Å². The molecule has 2 N–H and O–H groups in total. The van der Waals surface area contributed by atoms with Crippen molar-refractivity contribution in [1.29, 1.82) is 0 Å². The molecular formula is C16H18O3. The van der Waals surface area contributed by atoms with E-state index < -0.39 is 18.0 Å². The van der Waals surface area contributed by atoms with E-state index in [-0.39, 0.29) is 5.92 Å². The van der Waals surface area contributed by atoms with Gasteiger partial charge in [0.1, 0.15) is 0 Å². The first-order valence-electron chi connectivity index (χ1n) is 6.40. The summed E-state index contributed by atoms with van der Waals surface area (Å²) in [5.74, 6) is -1.80. The summed E-state index contributed by atoms with van der Waals surface area (Å²) in [7, 11) is 0. The van der Waals surface area contributed by atoms with Gasteiger partial charge in [-0.3, -0.25) is 4.79 Å². The monoisotopic (exact) mass is 258 g/mol. The molecule has 100 valence electrons. The highest BCUT2D eigenvalue weighted by molar-refractivity contribution is 5.83. The zero-order valence-electron chi connectivity index (χ0n) is 11.1. The predicted molar refractivity (Wildman–Crippen MR) is 74.9 cm³/mol. The average Bonchev–Trinajstić information content (AvgIpc) is 2.44. The smallest absolute Gasteiger partial charge is 0.306 e. The van der Waals surface area contributed by atoms with Gasteiger partial charge < -0.3 is 10.2 Å². The van der Waals surface area contributed by atoms with E-state index in [0.29, 0.717) is 0 Å². The van der Waals surface area contributed by atoms with Crippen molar-refractivity contribution in [2.24, 2.45) is 11.8 Å². The van der Waals surface area contributed by atoms with E-state index >= 15 is 0 Å². The third-order valence-corrected chi connectivity index (χ3v) is 3.79. The first-order valence-corrected chi connectivity index (χ1v) is 6.40. The van der Waals surface area contributed by atoms with Crippen LogP contribution in [0.1, 0.15) is 25.5 Å². The molecule has 19 heavy (non-hydrogen) atoms. The Morgan fingerprint density at radius 3 is 2.32 bits per heavy atom. The molecule has 0 heterocycles. The highest BCUT2D eigenvalue weighted by Gasteiger charge is 2.27. The Kier molecular flexibility index (Phi) is 3.86. The molecule has 0 saturated heterocycles. The Labute approximate surface area is 112 Å². The second kappa shape index (κ2) is 5.41. The summed E-state index contributed by atoms with van der Waals surface area (Å²) < 4.78 is 0. The first-order chi connectivity index (χ1) is 9.00. The van der Waals surface area contributed by atoms with Gasteiger partial charge in [0.15, 0.2) is 0 Å². The number of carboxylic acid groups (broad SMARTS) is 1. The van der Waals surface area contributed by atoms with Gasteiger partial charge in [-0.1, -0.05) is 50.2 Å². The third kappa shape index (κ3) is 2.76. The molecule has 0 aliphatic heterocycles. The van der Waals surface area contributed by atoms with Crippen molar-refractivity contribution >= 4 is 16.7 Å². The molecule has 0 amide bonds. The molecule has 0 aromatic heterocycles. The van der Waals surface area contributed by atoms with E-state index in [1.165, 1.54) is 0 Å². The zero-order valence-corrected chi connectivity index (χ0v) is 11.1. The van der Waals surface area contributed by atoms with Crippen molar-refractivity contribution < 1.29 is 15.0 Å². The molecule has 2 aromatic rings. The van der Waals surface area contributed by atoms with Gasteiger partial charge in [0, 0.05) is 0 Å². The van der Waals surface area contributed by atoms with Crippen molar-refractivity contribution in [3.8, 4) is 0 Å². The molecule has 0 bridgehead atoms.